The van der Waals surface area contributed by atoms with Gasteiger partial charge in [-0.1, -0.05) is 12.1 Å². The molecule has 0 aliphatic carbocycles. The van der Waals surface area contributed by atoms with Crippen molar-refractivity contribution in [3.63, 3.8) is 0 Å². The van der Waals surface area contributed by atoms with Gasteiger partial charge >= 0.3 is 0 Å². The van der Waals surface area contributed by atoms with Crippen molar-refractivity contribution < 1.29 is 5.11 Å². The number of aromatic hydroxyl groups is 1. The van der Waals surface area contributed by atoms with Crippen LogP contribution in [0.25, 0.3) is 0 Å². The van der Waals surface area contributed by atoms with E-state index in [0.29, 0.717) is 23.2 Å². The number of rotatable bonds is 2. The molecular formula is C14H18ClNO. The zero-order chi connectivity index (χ0) is 11.8. The predicted molar refractivity (Wildman–Crippen MR) is 69.3 cm³/mol. The number of piperidine rings is 1. The van der Waals surface area contributed by atoms with E-state index in [-0.39, 0.29) is 0 Å². The number of benzene rings is 1. The minimum absolute atomic E-state index is 0.363. The quantitative estimate of drug-likeness (QED) is 0.817. The Labute approximate surface area is 107 Å². The minimum Gasteiger partial charge on any atom is -0.508 e. The highest BCUT2D eigenvalue weighted by atomic mass is 35.5. The van der Waals surface area contributed by atoms with Crippen molar-refractivity contribution in [3.8, 4) is 5.75 Å². The fourth-order valence-electron chi connectivity index (χ4n) is 3.33. The summed E-state index contributed by atoms with van der Waals surface area (Å²) >= 11 is 6.27. The largest absolute Gasteiger partial charge is 0.508 e. The molecule has 1 aromatic rings. The maximum absolute atomic E-state index is 9.49. The lowest BCUT2D eigenvalue weighted by atomic mass is 10.0. The van der Waals surface area contributed by atoms with Crippen LogP contribution in [-0.4, -0.2) is 27.5 Å². The van der Waals surface area contributed by atoms with E-state index in [1.807, 2.05) is 12.1 Å². The van der Waals surface area contributed by atoms with Crippen LogP contribution in [0.3, 0.4) is 0 Å². The Bertz CT molecular complexity index is 395. The van der Waals surface area contributed by atoms with E-state index in [9.17, 15) is 5.11 Å². The zero-order valence-electron chi connectivity index (χ0n) is 9.85. The van der Waals surface area contributed by atoms with Gasteiger partial charge in [0.1, 0.15) is 5.75 Å². The van der Waals surface area contributed by atoms with Crippen LogP contribution in [0.1, 0.15) is 31.2 Å². The van der Waals surface area contributed by atoms with Gasteiger partial charge in [0.25, 0.3) is 0 Å². The van der Waals surface area contributed by atoms with Gasteiger partial charge in [-0.25, -0.2) is 0 Å². The van der Waals surface area contributed by atoms with Gasteiger partial charge in [-0.05, 0) is 43.4 Å². The van der Waals surface area contributed by atoms with E-state index >= 15 is 0 Å². The zero-order valence-corrected chi connectivity index (χ0v) is 10.6. The number of hydrogen-bond donors (Lipinski definition) is 1. The normalized spacial score (nSPS) is 32.9. The van der Waals surface area contributed by atoms with Gasteiger partial charge in [-0.15, -0.1) is 11.6 Å². The van der Waals surface area contributed by atoms with Crippen molar-refractivity contribution in [1.82, 2.24) is 4.90 Å². The Balaban J connectivity index is 1.74. The van der Waals surface area contributed by atoms with Gasteiger partial charge < -0.3 is 5.11 Å². The third-order valence-corrected chi connectivity index (χ3v) is 4.46. The highest BCUT2D eigenvalue weighted by Gasteiger charge is 2.39. The summed E-state index contributed by atoms with van der Waals surface area (Å²) in [7, 11) is 0. The molecule has 2 nitrogen and oxygen atoms in total. The molecule has 2 atom stereocenters. The fourth-order valence-corrected chi connectivity index (χ4v) is 3.74. The van der Waals surface area contributed by atoms with E-state index in [2.05, 4.69) is 11.0 Å². The Kier molecular flexibility index (Phi) is 3.01. The van der Waals surface area contributed by atoms with Crippen LogP contribution in [0, 0.1) is 0 Å². The molecule has 2 saturated heterocycles. The lowest BCUT2D eigenvalue weighted by Gasteiger charge is -2.37. The number of fused-ring (bicyclic) bond motifs is 2. The number of phenolic OH excluding ortho intramolecular Hbond substituents is 1. The molecule has 2 unspecified atom stereocenters. The molecule has 92 valence electrons. The molecule has 1 aromatic carbocycles. The number of nitrogens with zero attached hydrogens (tertiary/aromatic N) is 1. The van der Waals surface area contributed by atoms with E-state index < -0.39 is 0 Å². The van der Waals surface area contributed by atoms with E-state index in [1.54, 1.807) is 6.07 Å². The van der Waals surface area contributed by atoms with Crippen LogP contribution in [0.4, 0.5) is 0 Å². The third kappa shape index (κ3) is 2.29. The molecule has 1 N–H and O–H groups in total. The Morgan fingerprint density at radius 2 is 1.94 bits per heavy atom. The highest BCUT2D eigenvalue weighted by Crippen LogP contribution is 2.38. The summed E-state index contributed by atoms with van der Waals surface area (Å²) in [6.07, 6.45) is 4.81. The lowest BCUT2D eigenvalue weighted by Crippen LogP contribution is -2.42. The number of halogens is 1. The fraction of sp³-hybridized carbons (Fsp3) is 0.571. The molecular weight excluding hydrogens is 234 g/mol. The second kappa shape index (κ2) is 4.51. The van der Waals surface area contributed by atoms with E-state index in [0.717, 1.165) is 19.4 Å². The number of hydrogen-bond acceptors (Lipinski definition) is 2. The molecule has 17 heavy (non-hydrogen) atoms. The first kappa shape index (κ1) is 11.4. The van der Waals surface area contributed by atoms with E-state index in [4.69, 9.17) is 11.6 Å². The van der Waals surface area contributed by atoms with Gasteiger partial charge in [-0.3, -0.25) is 4.90 Å². The molecule has 0 radical (unpaired) electrons. The van der Waals surface area contributed by atoms with Crippen LogP contribution >= 0.6 is 11.6 Å². The maximum atomic E-state index is 9.49. The smallest absolute Gasteiger partial charge is 0.115 e. The molecule has 2 bridgehead atoms. The minimum atomic E-state index is 0.363. The maximum Gasteiger partial charge on any atom is 0.115 e. The molecule has 0 spiro atoms. The number of phenols is 1. The molecule has 0 saturated carbocycles. The average molecular weight is 252 g/mol. The molecule has 0 aromatic heterocycles. The predicted octanol–water partition coefficient (Wildman–Crippen LogP) is 3.13. The van der Waals surface area contributed by atoms with Gasteiger partial charge in [0.15, 0.2) is 0 Å². The molecule has 2 fully saturated rings. The van der Waals surface area contributed by atoms with Crippen molar-refractivity contribution >= 4 is 11.6 Å². The van der Waals surface area contributed by atoms with Crippen molar-refractivity contribution in [1.29, 1.82) is 0 Å². The van der Waals surface area contributed by atoms with Crippen LogP contribution in [-0.2, 0) is 6.54 Å². The monoisotopic (exact) mass is 251 g/mol. The van der Waals surface area contributed by atoms with Gasteiger partial charge in [0, 0.05) is 24.0 Å². The second-order valence-corrected chi connectivity index (χ2v) is 5.91. The average Bonchev–Trinajstić information content (AvgIpc) is 2.54. The molecule has 0 amide bonds. The Hall–Kier alpha value is -0.730. The van der Waals surface area contributed by atoms with Gasteiger partial charge in [-0.2, -0.15) is 0 Å². The Morgan fingerprint density at radius 3 is 2.59 bits per heavy atom. The summed E-state index contributed by atoms with van der Waals surface area (Å²) in [6, 6.07) is 8.90. The Morgan fingerprint density at radius 1 is 1.24 bits per heavy atom. The summed E-state index contributed by atoms with van der Waals surface area (Å²) in [4.78, 5) is 2.58. The van der Waals surface area contributed by atoms with Crippen LogP contribution < -0.4 is 0 Å². The molecule has 2 aliphatic heterocycles. The molecule has 3 heteroatoms. The van der Waals surface area contributed by atoms with Crippen molar-refractivity contribution in [3.05, 3.63) is 29.8 Å². The van der Waals surface area contributed by atoms with Crippen LogP contribution in [0.5, 0.6) is 5.75 Å². The van der Waals surface area contributed by atoms with Crippen LogP contribution in [0.15, 0.2) is 24.3 Å². The SMILES string of the molecule is Oc1cccc(CN2C3CCC2CC(Cl)C3)c1. The standard InChI is InChI=1S/C14H18ClNO/c15-11-7-12-4-5-13(8-11)16(12)9-10-2-1-3-14(17)6-10/h1-3,6,11-13,17H,4-5,7-9H2. The van der Waals surface area contributed by atoms with Gasteiger partial charge in [0.05, 0.1) is 0 Å². The summed E-state index contributed by atoms with van der Waals surface area (Å²) in [5.74, 6) is 0.363. The summed E-state index contributed by atoms with van der Waals surface area (Å²) < 4.78 is 0. The summed E-state index contributed by atoms with van der Waals surface area (Å²) in [6.45, 7) is 0.952. The third-order valence-electron chi connectivity index (χ3n) is 4.10. The second-order valence-electron chi connectivity index (χ2n) is 5.30. The van der Waals surface area contributed by atoms with E-state index in [1.165, 1.54) is 18.4 Å². The highest BCUT2D eigenvalue weighted by molar-refractivity contribution is 6.20. The van der Waals surface area contributed by atoms with Crippen molar-refractivity contribution in [2.45, 2.75) is 49.7 Å². The first-order valence-electron chi connectivity index (χ1n) is 6.40. The topological polar surface area (TPSA) is 23.5 Å². The van der Waals surface area contributed by atoms with Gasteiger partial charge in [0.2, 0.25) is 0 Å². The first-order chi connectivity index (χ1) is 8.22. The molecule has 2 aliphatic rings. The first-order valence-corrected chi connectivity index (χ1v) is 6.84. The van der Waals surface area contributed by atoms with Crippen molar-refractivity contribution in [2.24, 2.45) is 0 Å². The van der Waals surface area contributed by atoms with Crippen molar-refractivity contribution in [2.75, 3.05) is 0 Å². The number of alkyl halides is 1. The summed E-state index contributed by atoms with van der Waals surface area (Å²) in [5.41, 5.74) is 1.20. The molecule has 2 heterocycles. The molecule has 3 rings (SSSR count). The summed E-state index contributed by atoms with van der Waals surface area (Å²) in [5, 5.41) is 9.86. The lowest BCUT2D eigenvalue weighted by molar-refractivity contribution is 0.134. The van der Waals surface area contributed by atoms with Crippen LogP contribution in [0.2, 0.25) is 0 Å².